The first-order chi connectivity index (χ1) is 12.9. The number of aromatic nitrogens is 1. The van der Waals surface area contributed by atoms with E-state index in [0.717, 1.165) is 0 Å². The smallest absolute Gasteiger partial charge is 0.310 e. The molecule has 2 amide bonds. The van der Waals surface area contributed by atoms with Gasteiger partial charge >= 0.3 is 5.97 Å². The maximum absolute atomic E-state index is 12.1. The van der Waals surface area contributed by atoms with Crippen molar-refractivity contribution in [1.29, 1.82) is 0 Å². The van der Waals surface area contributed by atoms with Crippen molar-refractivity contribution in [2.45, 2.75) is 25.6 Å². The van der Waals surface area contributed by atoms with Crippen LogP contribution in [0.4, 0.5) is 11.4 Å². The maximum Gasteiger partial charge on any atom is 0.310 e. The summed E-state index contributed by atoms with van der Waals surface area (Å²) < 4.78 is 10.6. The predicted molar refractivity (Wildman–Crippen MR) is 97.5 cm³/mol. The molecule has 0 saturated carbocycles. The minimum Gasteiger partial charge on any atom is -0.478 e. The van der Waals surface area contributed by atoms with Crippen molar-refractivity contribution in [1.82, 2.24) is 4.98 Å². The number of nitrogens with zero attached hydrogens (tertiary/aromatic N) is 1. The maximum atomic E-state index is 12.1. The van der Waals surface area contributed by atoms with Gasteiger partial charge in [-0.3, -0.25) is 14.4 Å². The summed E-state index contributed by atoms with van der Waals surface area (Å²) in [7, 11) is 0. The molecule has 2 N–H and O–H groups in total. The van der Waals surface area contributed by atoms with E-state index in [1.807, 2.05) is 0 Å². The van der Waals surface area contributed by atoms with E-state index in [1.165, 1.54) is 13.1 Å². The van der Waals surface area contributed by atoms with Crippen LogP contribution in [0.3, 0.4) is 0 Å². The lowest BCUT2D eigenvalue weighted by molar-refractivity contribution is -0.155. The normalized spacial score (nSPS) is 16.4. The van der Waals surface area contributed by atoms with Crippen LogP contribution in [-0.2, 0) is 19.1 Å². The summed E-state index contributed by atoms with van der Waals surface area (Å²) in [6.07, 6.45) is -0.969. The van der Waals surface area contributed by atoms with Crippen LogP contribution in [0.2, 0.25) is 5.15 Å². The van der Waals surface area contributed by atoms with Crippen molar-refractivity contribution in [2.24, 2.45) is 0 Å². The van der Waals surface area contributed by atoms with Gasteiger partial charge in [-0.15, -0.1) is 0 Å². The highest BCUT2D eigenvalue weighted by Gasteiger charge is 2.31. The van der Waals surface area contributed by atoms with Crippen LogP contribution in [0.1, 0.15) is 13.3 Å². The Kier molecular flexibility index (Phi) is 5.56. The highest BCUT2D eigenvalue weighted by atomic mass is 35.5. The number of amides is 2. The summed E-state index contributed by atoms with van der Waals surface area (Å²) >= 11 is 5.87. The molecule has 0 unspecified atom stereocenters. The zero-order chi connectivity index (χ0) is 19.4. The number of ether oxygens (including phenoxy) is 2. The minimum absolute atomic E-state index is 0.121. The van der Waals surface area contributed by atoms with E-state index < -0.39 is 30.0 Å². The number of esters is 1. The van der Waals surface area contributed by atoms with E-state index in [0.29, 0.717) is 17.1 Å². The number of halogens is 1. The number of carbonyl (C=O) groups excluding carboxylic acids is 3. The molecule has 0 radical (unpaired) electrons. The molecule has 1 aromatic carbocycles. The minimum atomic E-state index is -1.09. The number of hydrogen-bond acceptors (Lipinski definition) is 6. The molecular formula is C18H16ClN3O5. The van der Waals surface area contributed by atoms with Gasteiger partial charge in [-0.05, 0) is 31.2 Å². The number of pyridine rings is 1. The number of nitrogens with one attached hydrogen (secondary N) is 2. The molecule has 2 heterocycles. The van der Waals surface area contributed by atoms with Gasteiger partial charge in [0.1, 0.15) is 5.75 Å². The SMILES string of the molecule is C[C@H](OC(=O)C[C@H]1Oc2ccccc2NC1=O)C(=O)Nc1cccnc1Cl. The molecule has 8 nitrogen and oxygen atoms in total. The second-order valence-corrected chi connectivity index (χ2v) is 6.12. The zero-order valence-corrected chi connectivity index (χ0v) is 15.0. The lowest BCUT2D eigenvalue weighted by Gasteiger charge is -2.25. The Morgan fingerprint density at radius 1 is 1.33 bits per heavy atom. The van der Waals surface area contributed by atoms with Gasteiger partial charge in [0.2, 0.25) is 0 Å². The molecule has 0 saturated heterocycles. The van der Waals surface area contributed by atoms with E-state index in [2.05, 4.69) is 15.6 Å². The first-order valence-electron chi connectivity index (χ1n) is 8.11. The van der Waals surface area contributed by atoms with Crippen LogP contribution in [-0.4, -0.2) is 35.0 Å². The highest BCUT2D eigenvalue weighted by Crippen LogP contribution is 2.29. The molecule has 0 fully saturated rings. The first kappa shape index (κ1) is 18.7. The Morgan fingerprint density at radius 3 is 2.89 bits per heavy atom. The Hall–Kier alpha value is -3.13. The molecule has 27 heavy (non-hydrogen) atoms. The predicted octanol–water partition coefficient (Wildman–Crippen LogP) is 2.40. The number of benzene rings is 1. The lowest BCUT2D eigenvalue weighted by atomic mass is 10.1. The average Bonchev–Trinajstić information content (AvgIpc) is 2.64. The second-order valence-electron chi connectivity index (χ2n) is 5.76. The molecule has 2 atom stereocenters. The van der Waals surface area contributed by atoms with E-state index in [1.54, 1.807) is 36.4 Å². The Bertz CT molecular complexity index is 889. The Labute approximate surface area is 159 Å². The molecule has 9 heteroatoms. The molecule has 2 aromatic rings. The van der Waals surface area contributed by atoms with Crippen LogP contribution >= 0.6 is 11.6 Å². The van der Waals surface area contributed by atoms with Crippen molar-refractivity contribution in [3.63, 3.8) is 0 Å². The number of rotatable bonds is 5. The average molecular weight is 390 g/mol. The third kappa shape index (κ3) is 4.53. The van der Waals surface area contributed by atoms with Crippen LogP contribution in [0.15, 0.2) is 42.6 Å². The monoisotopic (exact) mass is 389 g/mol. The molecule has 1 aliphatic rings. The fraction of sp³-hybridized carbons (Fsp3) is 0.222. The number of hydrogen-bond donors (Lipinski definition) is 2. The van der Waals surface area contributed by atoms with E-state index in [-0.39, 0.29) is 11.6 Å². The van der Waals surface area contributed by atoms with Crippen molar-refractivity contribution in [3.05, 3.63) is 47.7 Å². The van der Waals surface area contributed by atoms with Gasteiger partial charge in [-0.1, -0.05) is 23.7 Å². The van der Waals surface area contributed by atoms with Gasteiger partial charge in [0.25, 0.3) is 11.8 Å². The number of para-hydroxylation sites is 2. The fourth-order valence-corrected chi connectivity index (χ4v) is 2.56. The van der Waals surface area contributed by atoms with Crippen molar-refractivity contribution in [2.75, 3.05) is 10.6 Å². The summed E-state index contributed by atoms with van der Waals surface area (Å²) in [5.41, 5.74) is 0.840. The third-order valence-corrected chi connectivity index (χ3v) is 4.05. The molecule has 0 aliphatic carbocycles. The van der Waals surface area contributed by atoms with Crippen LogP contribution in [0, 0.1) is 0 Å². The molecule has 1 aromatic heterocycles. The van der Waals surface area contributed by atoms with E-state index >= 15 is 0 Å². The number of carbonyl (C=O) groups is 3. The van der Waals surface area contributed by atoms with Gasteiger partial charge in [-0.2, -0.15) is 0 Å². The first-order valence-corrected chi connectivity index (χ1v) is 8.49. The number of fused-ring (bicyclic) bond motifs is 1. The molecule has 0 bridgehead atoms. The number of anilines is 2. The van der Waals surface area contributed by atoms with Crippen molar-refractivity contribution >= 4 is 40.8 Å². The van der Waals surface area contributed by atoms with E-state index in [9.17, 15) is 14.4 Å². The van der Waals surface area contributed by atoms with Gasteiger partial charge in [0.15, 0.2) is 17.4 Å². The van der Waals surface area contributed by atoms with Crippen molar-refractivity contribution in [3.8, 4) is 5.75 Å². The van der Waals surface area contributed by atoms with Gasteiger partial charge in [0, 0.05) is 6.20 Å². The summed E-state index contributed by atoms with van der Waals surface area (Å²) in [6, 6.07) is 10.1. The van der Waals surface area contributed by atoms with E-state index in [4.69, 9.17) is 21.1 Å². The Morgan fingerprint density at radius 2 is 2.11 bits per heavy atom. The second kappa shape index (κ2) is 8.05. The highest BCUT2D eigenvalue weighted by molar-refractivity contribution is 6.32. The molecular weight excluding hydrogens is 374 g/mol. The third-order valence-electron chi connectivity index (χ3n) is 3.75. The summed E-state index contributed by atoms with van der Waals surface area (Å²) in [4.78, 5) is 40.1. The lowest BCUT2D eigenvalue weighted by Crippen LogP contribution is -2.40. The van der Waals surface area contributed by atoms with Gasteiger partial charge in [-0.25, -0.2) is 4.98 Å². The summed E-state index contributed by atoms with van der Waals surface area (Å²) in [5.74, 6) is -1.30. The summed E-state index contributed by atoms with van der Waals surface area (Å²) in [6.45, 7) is 1.41. The van der Waals surface area contributed by atoms with Crippen LogP contribution in [0.5, 0.6) is 5.75 Å². The molecule has 0 spiro atoms. The van der Waals surface area contributed by atoms with Crippen LogP contribution in [0.25, 0.3) is 0 Å². The Balaban J connectivity index is 1.55. The topological polar surface area (TPSA) is 107 Å². The van der Waals surface area contributed by atoms with Crippen LogP contribution < -0.4 is 15.4 Å². The molecule has 1 aliphatic heterocycles. The van der Waals surface area contributed by atoms with Gasteiger partial charge < -0.3 is 20.1 Å². The largest absolute Gasteiger partial charge is 0.478 e. The van der Waals surface area contributed by atoms with Crippen molar-refractivity contribution < 1.29 is 23.9 Å². The molecule has 3 rings (SSSR count). The standard InChI is InChI=1S/C18H16ClN3O5/c1-10(17(24)22-12-6-4-8-20-16(12)19)26-15(23)9-14-18(25)21-11-5-2-3-7-13(11)27-14/h2-8,10,14H,9H2,1H3,(H,21,25)(H,22,24)/t10-,14+/m0/s1. The fourth-order valence-electron chi connectivity index (χ4n) is 2.39. The quantitative estimate of drug-likeness (QED) is 0.600. The molecule has 140 valence electrons. The van der Waals surface area contributed by atoms with Gasteiger partial charge in [0.05, 0.1) is 17.8 Å². The zero-order valence-electron chi connectivity index (χ0n) is 14.3. The summed E-state index contributed by atoms with van der Waals surface area (Å²) in [5, 5.41) is 5.30.